The molecule has 0 bridgehead atoms. The molecule has 0 aliphatic carbocycles. The summed E-state index contributed by atoms with van der Waals surface area (Å²) in [5.74, 6) is 0.383. The largest absolute Gasteiger partial charge is 0.490 e. The third-order valence-corrected chi connectivity index (χ3v) is 7.60. The minimum atomic E-state index is -1.17. The molecule has 0 saturated heterocycles. The molecule has 4 N–H and O–H groups in total. The number of nitrogens with one attached hydrogen (secondary N) is 3. The second-order valence-electron chi connectivity index (χ2n) is 9.64. The molecule has 0 saturated carbocycles. The summed E-state index contributed by atoms with van der Waals surface area (Å²) in [7, 11) is 1.27. The number of methoxy groups -OCH3 is 1. The SMILES string of the molecule is CCOc1cc([C@@H]2NC(=O)NC(C)=C2C(=O)OC)ccc1OC[C@@H](O)N/N=C\c1cc(Br)c(OCc2ccc(F)cc2)c(Br)c1. The molecule has 3 aromatic rings. The maximum Gasteiger partial charge on any atom is 0.337 e. The number of halogens is 3. The van der Waals surface area contributed by atoms with Crippen molar-refractivity contribution in [3.63, 3.8) is 0 Å². The van der Waals surface area contributed by atoms with E-state index in [2.05, 4.69) is 53.0 Å². The van der Waals surface area contributed by atoms with Crippen molar-refractivity contribution in [2.75, 3.05) is 20.3 Å². The molecular formula is C31H31Br2FN4O7. The first-order chi connectivity index (χ1) is 21.6. The van der Waals surface area contributed by atoms with Crippen molar-refractivity contribution in [2.24, 2.45) is 5.10 Å². The van der Waals surface area contributed by atoms with Gasteiger partial charge < -0.3 is 34.7 Å². The number of aliphatic hydroxyl groups excluding tert-OH is 1. The van der Waals surface area contributed by atoms with E-state index in [1.54, 1.807) is 56.3 Å². The van der Waals surface area contributed by atoms with Crippen molar-refractivity contribution in [3.8, 4) is 17.2 Å². The maximum atomic E-state index is 13.1. The number of allylic oxidation sites excluding steroid dienone is 1. The van der Waals surface area contributed by atoms with E-state index in [4.69, 9.17) is 18.9 Å². The van der Waals surface area contributed by atoms with E-state index >= 15 is 0 Å². The fourth-order valence-electron chi connectivity index (χ4n) is 4.35. The number of hydrogen-bond donors (Lipinski definition) is 4. The molecule has 0 aromatic heterocycles. The summed E-state index contributed by atoms with van der Waals surface area (Å²) in [6.07, 6.45) is 0.353. The molecule has 0 fully saturated rings. The molecule has 2 atom stereocenters. The van der Waals surface area contributed by atoms with Crippen LogP contribution in [0.15, 0.2) is 79.9 Å². The van der Waals surface area contributed by atoms with Crippen molar-refractivity contribution in [3.05, 3.63) is 97.3 Å². The van der Waals surface area contributed by atoms with Crippen molar-refractivity contribution in [1.82, 2.24) is 16.1 Å². The molecule has 0 spiro atoms. The van der Waals surface area contributed by atoms with Gasteiger partial charge in [-0.25, -0.2) is 14.0 Å². The van der Waals surface area contributed by atoms with Gasteiger partial charge in [-0.3, -0.25) is 5.43 Å². The number of hydrazone groups is 1. The zero-order valence-corrected chi connectivity index (χ0v) is 27.7. The number of carbonyl (C=O) groups is 2. The molecule has 238 valence electrons. The Kier molecular flexibility index (Phi) is 11.8. The first-order valence-corrected chi connectivity index (χ1v) is 15.3. The number of esters is 1. The number of benzene rings is 3. The number of hydrogen-bond acceptors (Lipinski definition) is 9. The molecule has 11 nitrogen and oxygen atoms in total. The van der Waals surface area contributed by atoms with Crippen LogP contribution in [-0.2, 0) is 16.1 Å². The highest BCUT2D eigenvalue weighted by Crippen LogP contribution is 2.36. The standard InChI is InChI=1S/C31H31Br2FN4O7/c1-4-43-25-13-20(28-27(30(40)42-3)17(2)36-31(41)37-28)7-10-24(25)44-16-26(39)38-35-14-19-11-22(32)29(23(33)12-19)45-15-18-5-8-21(34)9-6-18/h5-14,26,28,38-39H,4,15-16H2,1-3H3,(H2,36,37,41)/b35-14-/t26-,28+/m1/s1. The first kappa shape index (κ1) is 33.7. The van der Waals surface area contributed by atoms with Crippen molar-refractivity contribution >= 4 is 50.1 Å². The monoisotopic (exact) mass is 748 g/mol. The van der Waals surface area contributed by atoms with Gasteiger partial charge in [0.1, 0.15) is 24.8 Å². The Hall–Kier alpha value is -4.14. The summed E-state index contributed by atoms with van der Waals surface area (Å²) in [6.45, 7) is 3.83. The predicted octanol–water partition coefficient (Wildman–Crippen LogP) is 5.45. The number of rotatable bonds is 13. The predicted molar refractivity (Wildman–Crippen MR) is 172 cm³/mol. The Labute approximate surface area is 276 Å². The lowest BCUT2D eigenvalue weighted by atomic mass is 9.95. The van der Waals surface area contributed by atoms with Gasteiger partial charge in [0.2, 0.25) is 0 Å². The highest BCUT2D eigenvalue weighted by atomic mass is 79.9. The normalized spacial score (nSPS) is 15.3. The van der Waals surface area contributed by atoms with Crippen LogP contribution in [-0.4, -0.2) is 49.9 Å². The second-order valence-corrected chi connectivity index (χ2v) is 11.4. The third kappa shape index (κ3) is 8.96. The van der Waals surface area contributed by atoms with Crippen LogP contribution in [0.4, 0.5) is 9.18 Å². The highest BCUT2D eigenvalue weighted by molar-refractivity contribution is 9.11. The van der Waals surface area contributed by atoms with E-state index in [-0.39, 0.29) is 24.6 Å². The Morgan fingerprint density at radius 1 is 1.09 bits per heavy atom. The Balaban J connectivity index is 1.37. The van der Waals surface area contributed by atoms with Gasteiger partial charge in [0.05, 0.1) is 40.5 Å². The summed E-state index contributed by atoms with van der Waals surface area (Å²) in [5.41, 5.74) is 5.36. The molecule has 45 heavy (non-hydrogen) atoms. The Morgan fingerprint density at radius 2 is 1.80 bits per heavy atom. The van der Waals surface area contributed by atoms with Gasteiger partial charge in [-0.1, -0.05) is 18.2 Å². The third-order valence-electron chi connectivity index (χ3n) is 6.43. The molecule has 0 radical (unpaired) electrons. The van der Waals surface area contributed by atoms with E-state index < -0.39 is 24.3 Å². The van der Waals surface area contributed by atoms with Gasteiger partial charge in [0.25, 0.3) is 0 Å². The van der Waals surface area contributed by atoms with E-state index in [0.717, 1.165) is 5.56 Å². The lowest BCUT2D eigenvalue weighted by Gasteiger charge is -2.28. The van der Waals surface area contributed by atoms with E-state index in [1.165, 1.54) is 25.5 Å². The fraction of sp³-hybridized carbons (Fsp3) is 0.258. The quantitative estimate of drug-likeness (QED) is 0.0784. The molecule has 2 amide bonds. The first-order valence-electron chi connectivity index (χ1n) is 13.7. The van der Waals surface area contributed by atoms with Crippen molar-refractivity contribution in [2.45, 2.75) is 32.7 Å². The minimum Gasteiger partial charge on any atom is -0.490 e. The van der Waals surface area contributed by atoms with Gasteiger partial charge in [0, 0.05) is 5.70 Å². The van der Waals surface area contributed by atoms with Crippen LogP contribution >= 0.6 is 31.9 Å². The fourth-order valence-corrected chi connectivity index (χ4v) is 5.80. The molecular weight excluding hydrogens is 719 g/mol. The molecule has 1 aliphatic heterocycles. The van der Waals surface area contributed by atoms with Gasteiger partial charge in [-0.15, -0.1) is 0 Å². The van der Waals surface area contributed by atoms with Crippen LogP contribution < -0.4 is 30.3 Å². The molecule has 14 heteroatoms. The number of aliphatic hydroxyl groups is 1. The smallest absolute Gasteiger partial charge is 0.337 e. The molecule has 4 rings (SSSR count). The van der Waals surface area contributed by atoms with Crippen molar-refractivity contribution in [1.29, 1.82) is 0 Å². The van der Waals surface area contributed by atoms with Crippen LogP contribution in [0.3, 0.4) is 0 Å². The Morgan fingerprint density at radius 3 is 2.47 bits per heavy atom. The molecule has 0 unspecified atom stereocenters. The molecule has 1 aliphatic rings. The number of nitrogens with zero attached hydrogens (tertiary/aromatic N) is 1. The Bertz CT molecular complexity index is 1580. The van der Waals surface area contributed by atoms with E-state index in [0.29, 0.717) is 49.6 Å². The minimum absolute atomic E-state index is 0.170. The van der Waals surface area contributed by atoms with Gasteiger partial charge >= 0.3 is 12.0 Å². The zero-order valence-electron chi connectivity index (χ0n) is 24.5. The summed E-state index contributed by atoms with van der Waals surface area (Å²) < 4.78 is 36.8. The summed E-state index contributed by atoms with van der Waals surface area (Å²) in [6, 6.07) is 13.4. The lowest BCUT2D eigenvalue weighted by molar-refractivity contribution is -0.136. The van der Waals surface area contributed by atoms with Crippen LogP contribution in [0.1, 0.15) is 36.6 Å². The zero-order chi connectivity index (χ0) is 32.5. The van der Waals surface area contributed by atoms with Crippen molar-refractivity contribution < 1.29 is 38.0 Å². The van der Waals surface area contributed by atoms with E-state index in [9.17, 15) is 19.1 Å². The van der Waals surface area contributed by atoms with Gasteiger partial charge in [-0.2, -0.15) is 5.10 Å². The molecule has 3 aromatic carbocycles. The summed E-state index contributed by atoms with van der Waals surface area (Å²) in [5, 5.41) is 19.8. The topological polar surface area (TPSA) is 140 Å². The van der Waals surface area contributed by atoms with Crippen LogP contribution in [0.2, 0.25) is 0 Å². The number of urea groups is 1. The summed E-state index contributed by atoms with van der Waals surface area (Å²) in [4.78, 5) is 24.6. The average Bonchev–Trinajstić information content (AvgIpc) is 3.00. The highest BCUT2D eigenvalue weighted by Gasteiger charge is 2.32. The van der Waals surface area contributed by atoms with Crippen LogP contribution in [0.25, 0.3) is 0 Å². The number of carbonyl (C=O) groups excluding carboxylic acids is 2. The summed E-state index contributed by atoms with van der Waals surface area (Å²) >= 11 is 6.99. The maximum absolute atomic E-state index is 13.1. The lowest BCUT2D eigenvalue weighted by Crippen LogP contribution is -2.45. The van der Waals surface area contributed by atoms with E-state index in [1.807, 2.05) is 0 Å². The van der Waals surface area contributed by atoms with Crippen LogP contribution in [0.5, 0.6) is 17.2 Å². The van der Waals surface area contributed by atoms with Crippen LogP contribution in [0, 0.1) is 5.82 Å². The number of ether oxygens (including phenoxy) is 4. The van der Waals surface area contributed by atoms with Gasteiger partial charge in [0.15, 0.2) is 17.7 Å². The average molecular weight is 750 g/mol. The second kappa shape index (κ2) is 15.7. The van der Waals surface area contributed by atoms with Gasteiger partial charge in [-0.05, 0) is 98.8 Å². The molecule has 1 heterocycles. The number of amides is 2.